The van der Waals surface area contributed by atoms with E-state index in [1.165, 1.54) is 66.1 Å². The van der Waals surface area contributed by atoms with Crippen LogP contribution >= 0.6 is 0 Å². The molecule has 0 saturated carbocycles. The van der Waals surface area contributed by atoms with Crippen LogP contribution in [0, 0.1) is 6.92 Å². The highest BCUT2D eigenvalue weighted by Crippen LogP contribution is 2.45. The minimum Gasteiger partial charge on any atom is -0.297 e. The first kappa shape index (κ1) is 28.0. The zero-order chi connectivity index (χ0) is 32.0. The Labute approximate surface area is 280 Å². The first-order valence-corrected chi connectivity index (χ1v) is 16.5. The van der Waals surface area contributed by atoms with Crippen LogP contribution in [-0.4, -0.2) is 9.55 Å². The van der Waals surface area contributed by atoms with E-state index in [-0.39, 0.29) is 0 Å². The number of hydrogen-bond donors (Lipinski definition) is 0. The van der Waals surface area contributed by atoms with Crippen molar-refractivity contribution in [3.8, 4) is 50.2 Å². The van der Waals surface area contributed by atoms with E-state index in [9.17, 15) is 0 Å². The summed E-state index contributed by atoms with van der Waals surface area (Å²) in [6.45, 7) is 2.07. The normalized spacial score (nSPS) is 11.4. The van der Waals surface area contributed by atoms with Crippen molar-refractivity contribution in [3.05, 3.63) is 182 Å². The smallest absolute Gasteiger partial charge is 0.111 e. The molecular weight excluding hydrogens is 581 g/mol. The van der Waals surface area contributed by atoms with Gasteiger partial charge in [-0.1, -0.05) is 133 Å². The van der Waals surface area contributed by atoms with E-state index in [4.69, 9.17) is 4.98 Å². The van der Waals surface area contributed by atoms with Gasteiger partial charge in [0.2, 0.25) is 0 Å². The van der Waals surface area contributed by atoms with Crippen LogP contribution in [0.1, 0.15) is 5.82 Å². The Bertz CT molecular complexity index is 2480. The van der Waals surface area contributed by atoms with E-state index in [0.29, 0.717) is 0 Å². The Balaban J connectivity index is 1.28. The van der Waals surface area contributed by atoms with Gasteiger partial charge >= 0.3 is 0 Å². The van der Waals surface area contributed by atoms with Crippen molar-refractivity contribution in [3.63, 3.8) is 0 Å². The van der Waals surface area contributed by atoms with Crippen molar-refractivity contribution >= 4 is 32.6 Å². The van der Waals surface area contributed by atoms with Crippen LogP contribution in [0.5, 0.6) is 0 Å². The average Bonchev–Trinajstić information content (AvgIpc) is 3.50. The Morgan fingerprint density at radius 2 is 0.812 bits per heavy atom. The van der Waals surface area contributed by atoms with Gasteiger partial charge in [0.1, 0.15) is 5.82 Å². The molecule has 0 N–H and O–H groups in total. The van der Waals surface area contributed by atoms with E-state index >= 15 is 0 Å². The third-order valence-corrected chi connectivity index (χ3v) is 9.51. The number of benzene rings is 8. The van der Waals surface area contributed by atoms with E-state index in [1.807, 2.05) is 6.07 Å². The fourth-order valence-corrected chi connectivity index (χ4v) is 7.37. The molecule has 1 heterocycles. The molecule has 0 aliphatic rings. The molecule has 0 aliphatic heterocycles. The lowest BCUT2D eigenvalue weighted by atomic mass is 9.84. The van der Waals surface area contributed by atoms with Crippen LogP contribution in [0.2, 0.25) is 0 Å². The highest BCUT2D eigenvalue weighted by atomic mass is 15.1. The van der Waals surface area contributed by atoms with Gasteiger partial charge in [-0.05, 0) is 115 Å². The molecule has 1 aromatic heterocycles. The van der Waals surface area contributed by atoms with Gasteiger partial charge < -0.3 is 0 Å². The predicted molar refractivity (Wildman–Crippen MR) is 203 cm³/mol. The second kappa shape index (κ2) is 11.5. The van der Waals surface area contributed by atoms with E-state index in [0.717, 1.165) is 22.5 Å². The number of rotatable bonds is 5. The topological polar surface area (TPSA) is 17.8 Å². The second-order valence-electron chi connectivity index (χ2n) is 12.4. The van der Waals surface area contributed by atoms with Gasteiger partial charge in [-0.3, -0.25) is 4.57 Å². The summed E-state index contributed by atoms with van der Waals surface area (Å²) in [5.41, 5.74) is 13.0. The van der Waals surface area contributed by atoms with Crippen molar-refractivity contribution in [2.75, 3.05) is 0 Å². The summed E-state index contributed by atoms with van der Waals surface area (Å²) in [6.07, 6.45) is 0. The molecule has 226 valence electrons. The summed E-state index contributed by atoms with van der Waals surface area (Å²) in [7, 11) is 0. The highest BCUT2D eigenvalue weighted by Gasteiger charge is 2.18. The molecule has 0 aliphatic carbocycles. The van der Waals surface area contributed by atoms with Crippen LogP contribution < -0.4 is 0 Å². The Kier molecular flexibility index (Phi) is 6.72. The molecule has 9 rings (SSSR count). The summed E-state index contributed by atoms with van der Waals surface area (Å²) >= 11 is 0. The largest absolute Gasteiger partial charge is 0.297 e. The molecule has 0 amide bonds. The quantitative estimate of drug-likeness (QED) is 0.177. The van der Waals surface area contributed by atoms with Crippen LogP contribution in [-0.2, 0) is 0 Å². The monoisotopic (exact) mass is 612 g/mol. The number of fused-ring (bicyclic) bond motifs is 3. The van der Waals surface area contributed by atoms with Gasteiger partial charge in [-0.15, -0.1) is 0 Å². The van der Waals surface area contributed by atoms with E-state index < -0.39 is 0 Å². The molecule has 2 nitrogen and oxygen atoms in total. The maximum Gasteiger partial charge on any atom is 0.111 e. The van der Waals surface area contributed by atoms with Crippen molar-refractivity contribution in [1.29, 1.82) is 0 Å². The first-order valence-electron chi connectivity index (χ1n) is 16.5. The maximum atomic E-state index is 4.80. The van der Waals surface area contributed by atoms with Gasteiger partial charge in [0.25, 0.3) is 0 Å². The number of aryl methyl sites for hydroxylation is 1. The predicted octanol–water partition coefficient (Wildman–Crippen LogP) is 12.3. The molecule has 0 radical (unpaired) electrons. The van der Waals surface area contributed by atoms with Crippen molar-refractivity contribution in [2.24, 2.45) is 0 Å². The van der Waals surface area contributed by atoms with Crippen LogP contribution in [0.15, 0.2) is 176 Å². The van der Waals surface area contributed by atoms with Crippen molar-refractivity contribution < 1.29 is 0 Å². The molecule has 0 spiro atoms. The van der Waals surface area contributed by atoms with E-state index in [2.05, 4.69) is 181 Å². The molecular formula is C46H32N2. The SMILES string of the molecule is Cc1nc2ccccc2n1-c1ccc(-c2c3ccccc3c(-c3cc(-c4ccccc4)cc(-c4ccccc4)c3)c3ccccc23)cc1. The van der Waals surface area contributed by atoms with Gasteiger partial charge in [-0.25, -0.2) is 4.98 Å². The fourth-order valence-electron chi connectivity index (χ4n) is 7.37. The average molecular weight is 613 g/mol. The van der Waals surface area contributed by atoms with Crippen molar-refractivity contribution in [1.82, 2.24) is 9.55 Å². The number of aromatic nitrogens is 2. The van der Waals surface area contributed by atoms with E-state index in [1.54, 1.807) is 0 Å². The zero-order valence-corrected chi connectivity index (χ0v) is 26.6. The lowest BCUT2D eigenvalue weighted by molar-refractivity contribution is 1.00. The Hall–Kier alpha value is -6.25. The maximum absolute atomic E-state index is 4.80. The van der Waals surface area contributed by atoms with Gasteiger partial charge in [0.15, 0.2) is 0 Å². The molecule has 2 heteroatoms. The van der Waals surface area contributed by atoms with Gasteiger partial charge in [-0.2, -0.15) is 0 Å². The minimum atomic E-state index is 0.983. The number of nitrogens with zero attached hydrogens (tertiary/aromatic N) is 2. The van der Waals surface area contributed by atoms with Gasteiger partial charge in [0.05, 0.1) is 11.0 Å². The molecule has 8 aromatic carbocycles. The van der Waals surface area contributed by atoms with Crippen LogP contribution in [0.25, 0.3) is 82.8 Å². The fraction of sp³-hybridized carbons (Fsp3) is 0.0217. The third-order valence-electron chi connectivity index (χ3n) is 9.51. The highest BCUT2D eigenvalue weighted by molar-refractivity contribution is 6.21. The first-order chi connectivity index (χ1) is 23.7. The lowest BCUT2D eigenvalue weighted by Crippen LogP contribution is -1.97. The molecule has 0 unspecified atom stereocenters. The molecule has 0 saturated heterocycles. The standard InChI is InChI=1S/C46H32N2/c1-31-47-43-22-12-13-23-44(43)48(31)38-26-24-34(25-27-38)45-39-18-8-10-20-41(39)46(42-21-11-9-19-40(42)45)37-29-35(32-14-4-2-5-15-32)28-36(30-37)33-16-6-3-7-17-33/h2-30H,1H3. The Morgan fingerprint density at radius 3 is 1.35 bits per heavy atom. The minimum absolute atomic E-state index is 0.983. The summed E-state index contributed by atoms with van der Waals surface area (Å²) in [5, 5.41) is 4.98. The zero-order valence-electron chi connectivity index (χ0n) is 26.6. The molecule has 0 bridgehead atoms. The lowest BCUT2D eigenvalue weighted by Gasteiger charge is -2.19. The third kappa shape index (κ3) is 4.70. The summed E-state index contributed by atoms with van der Waals surface area (Å²) < 4.78 is 2.24. The van der Waals surface area contributed by atoms with Crippen LogP contribution in [0.4, 0.5) is 0 Å². The number of hydrogen-bond acceptors (Lipinski definition) is 1. The molecule has 0 atom stereocenters. The summed E-state index contributed by atoms with van der Waals surface area (Å²) in [6, 6.07) is 63.6. The molecule has 9 aromatic rings. The number of imidazole rings is 1. The summed E-state index contributed by atoms with van der Waals surface area (Å²) in [4.78, 5) is 4.80. The van der Waals surface area contributed by atoms with Crippen LogP contribution in [0.3, 0.4) is 0 Å². The number of para-hydroxylation sites is 2. The summed E-state index contributed by atoms with van der Waals surface area (Å²) in [5.74, 6) is 0.983. The van der Waals surface area contributed by atoms with Gasteiger partial charge in [0, 0.05) is 5.69 Å². The molecule has 0 fully saturated rings. The Morgan fingerprint density at radius 1 is 0.375 bits per heavy atom. The molecule has 48 heavy (non-hydrogen) atoms. The second-order valence-corrected chi connectivity index (χ2v) is 12.4. The van der Waals surface area contributed by atoms with Crippen molar-refractivity contribution in [2.45, 2.75) is 6.92 Å².